The number of fused-ring (bicyclic) bond motifs is 2. The number of piperidine rings is 1. The van der Waals surface area contributed by atoms with Crippen molar-refractivity contribution in [1.29, 1.82) is 0 Å². The van der Waals surface area contributed by atoms with Gasteiger partial charge >= 0.3 is 0 Å². The van der Waals surface area contributed by atoms with Crippen LogP contribution in [0.1, 0.15) is 29.6 Å². The Balaban J connectivity index is 1.50. The maximum absolute atomic E-state index is 13.0. The van der Waals surface area contributed by atoms with Crippen molar-refractivity contribution in [2.75, 3.05) is 6.61 Å². The maximum Gasteiger partial charge on any atom is 0.257 e. The van der Waals surface area contributed by atoms with Crippen LogP contribution in [0.3, 0.4) is 0 Å². The summed E-state index contributed by atoms with van der Waals surface area (Å²) in [7, 11) is 1.81. The molecule has 1 saturated carbocycles. The first-order valence-corrected chi connectivity index (χ1v) is 8.31. The predicted octanol–water partition coefficient (Wildman–Crippen LogP) is 2.63. The van der Waals surface area contributed by atoms with Gasteiger partial charge in [0.25, 0.3) is 5.91 Å². The van der Waals surface area contributed by atoms with E-state index < -0.39 is 0 Å². The van der Waals surface area contributed by atoms with E-state index >= 15 is 0 Å². The quantitative estimate of drug-likeness (QED) is 0.866. The first kappa shape index (κ1) is 15.2. The highest BCUT2D eigenvalue weighted by molar-refractivity contribution is 5.94. The molecule has 1 aliphatic heterocycles. The number of carbonyl (C=O) groups excluding carboxylic acids is 1. The van der Waals surface area contributed by atoms with Crippen molar-refractivity contribution in [3.63, 3.8) is 0 Å². The molecule has 2 bridgehead atoms. The third kappa shape index (κ3) is 2.66. The molecule has 1 aliphatic carbocycles. The number of aromatic nitrogens is 2. The highest BCUT2D eigenvalue weighted by atomic mass is 19.1. The van der Waals surface area contributed by atoms with Crippen LogP contribution < -0.4 is 4.74 Å². The van der Waals surface area contributed by atoms with Crippen LogP contribution in [0.25, 0.3) is 0 Å². The second kappa shape index (κ2) is 5.92. The number of benzene rings is 1. The fraction of sp³-hybridized carbons (Fsp3) is 0.444. The summed E-state index contributed by atoms with van der Waals surface area (Å²) in [6, 6.07) is 6.38. The van der Waals surface area contributed by atoms with Crippen LogP contribution in [0.4, 0.5) is 4.39 Å². The largest absolute Gasteiger partial charge is 0.491 e. The van der Waals surface area contributed by atoms with Gasteiger partial charge in [0.05, 0.1) is 17.8 Å². The number of aryl methyl sites for hydroxylation is 1. The number of ether oxygens (including phenoxy) is 1. The van der Waals surface area contributed by atoms with Gasteiger partial charge in [0, 0.05) is 19.3 Å². The molecule has 1 aromatic carbocycles. The van der Waals surface area contributed by atoms with Crippen molar-refractivity contribution in [2.24, 2.45) is 13.0 Å². The first-order valence-electron chi connectivity index (χ1n) is 8.31. The average Bonchev–Trinajstić information content (AvgIpc) is 3.29. The van der Waals surface area contributed by atoms with E-state index in [1.807, 2.05) is 11.9 Å². The molecule has 0 N–H and O–H groups in total. The van der Waals surface area contributed by atoms with Gasteiger partial charge < -0.3 is 9.64 Å². The third-order valence-corrected chi connectivity index (χ3v) is 5.16. The molecule has 1 aromatic heterocycles. The smallest absolute Gasteiger partial charge is 0.257 e. The molecule has 1 saturated heterocycles. The molecule has 0 spiro atoms. The summed E-state index contributed by atoms with van der Waals surface area (Å²) in [5, 5.41) is 4.10. The lowest BCUT2D eigenvalue weighted by atomic mass is 9.99. The lowest BCUT2D eigenvalue weighted by molar-refractivity contribution is 0.0505. The van der Waals surface area contributed by atoms with Crippen LogP contribution >= 0.6 is 0 Å². The number of halogens is 1. The molecule has 24 heavy (non-hydrogen) atoms. The highest BCUT2D eigenvalue weighted by Gasteiger charge is 2.48. The molecule has 4 rings (SSSR count). The molecule has 0 radical (unpaired) electrons. The third-order valence-electron chi connectivity index (χ3n) is 5.16. The lowest BCUT2D eigenvalue weighted by Crippen LogP contribution is -2.47. The van der Waals surface area contributed by atoms with Crippen molar-refractivity contribution < 1.29 is 13.9 Å². The summed E-state index contributed by atoms with van der Waals surface area (Å²) in [6.07, 6.45) is 6.62. The number of hydrogen-bond donors (Lipinski definition) is 0. The summed E-state index contributed by atoms with van der Waals surface area (Å²) in [5.74, 6) is 0.864. The molecular weight excluding hydrogens is 309 g/mol. The fourth-order valence-electron chi connectivity index (χ4n) is 4.02. The molecular formula is C18H20FN3O2. The molecule has 126 valence electrons. The monoisotopic (exact) mass is 329 g/mol. The average molecular weight is 329 g/mol. The van der Waals surface area contributed by atoms with Crippen molar-refractivity contribution in [1.82, 2.24) is 14.7 Å². The van der Waals surface area contributed by atoms with Gasteiger partial charge in [0.2, 0.25) is 0 Å². The van der Waals surface area contributed by atoms with Gasteiger partial charge in [-0.25, -0.2) is 4.39 Å². The Bertz CT molecular complexity index is 743. The summed E-state index contributed by atoms with van der Waals surface area (Å²) >= 11 is 0. The number of rotatable bonds is 4. The first-order chi connectivity index (χ1) is 11.6. The summed E-state index contributed by atoms with van der Waals surface area (Å²) in [4.78, 5) is 14.9. The van der Waals surface area contributed by atoms with Crippen molar-refractivity contribution >= 4 is 5.91 Å². The van der Waals surface area contributed by atoms with Gasteiger partial charge in [-0.3, -0.25) is 9.48 Å². The van der Waals surface area contributed by atoms with E-state index in [9.17, 15) is 9.18 Å². The number of amides is 1. The van der Waals surface area contributed by atoms with Crippen molar-refractivity contribution in [2.45, 2.75) is 31.3 Å². The van der Waals surface area contributed by atoms with Crippen molar-refractivity contribution in [3.05, 3.63) is 48.0 Å². The number of nitrogens with zero attached hydrogens (tertiary/aromatic N) is 3. The standard InChI is InChI=1S/C18H20FN3O2/c1-21-10-13(9-20-21)18(23)22-15-5-2-12(8-15)17(22)11-24-16-6-3-14(19)4-7-16/h3-4,6-7,9-10,12,15,17H,2,5,8,11H2,1H3/t12-,15-,17-/m0/s1. The van der Waals surface area contributed by atoms with Crippen LogP contribution in [0.5, 0.6) is 5.75 Å². The van der Waals surface area contributed by atoms with E-state index in [2.05, 4.69) is 5.10 Å². The number of likely N-dealkylation sites (tertiary alicyclic amines) is 1. The van der Waals surface area contributed by atoms with E-state index in [1.165, 1.54) is 12.1 Å². The molecule has 6 heteroatoms. The van der Waals surface area contributed by atoms with E-state index in [0.29, 0.717) is 29.9 Å². The van der Waals surface area contributed by atoms with Crippen molar-refractivity contribution in [3.8, 4) is 5.75 Å². The molecule has 1 amide bonds. The predicted molar refractivity (Wildman–Crippen MR) is 86.2 cm³/mol. The minimum Gasteiger partial charge on any atom is -0.491 e. The summed E-state index contributed by atoms with van der Waals surface area (Å²) in [5.41, 5.74) is 0.622. The van der Waals surface area contributed by atoms with Gasteiger partial charge in [-0.15, -0.1) is 0 Å². The topological polar surface area (TPSA) is 47.4 Å². The lowest BCUT2D eigenvalue weighted by Gasteiger charge is -2.35. The molecule has 0 unspecified atom stereocenters. The molecule has 3 atom stereocenters. The Kier molecular flexibility index (Phi) is 3.75. The van der Waals surface area contributed by atoms with Gasteiger partial charge in [-0.05, 0) is 49.4 Å². The second-order valence-electron chi connectivity index (χ2n) is 6.67. The van der Waals surface area contributed by atoms with Crippen LogP contribution in [0, 0.1) is 11.7 Å². The molecule has 2 heterocycles. The van der Waals surface area contributed by atoms with Crippen LogP contribution in [0.2, 0.25) is 0 Å². The summed E-state index contributed by atoms with van der Waals surface area (Å²) < 4.78 is 20.5. The Morgan fingerprint density at radius 1 is 1.33 bits per heavy atom. The summed E-state index contributed by atoms with van der Waals surface area (Å²) in [6.45, 7) is 0.443. The Labute approximate surface area is 140 Å². The molecule has 2 aliphatic rings. The fourth-order valence-corrected chi connectivity index (χ4v) is 4.02. The van der Waals surface area contributed by atoms with Gasteiger partial charge in [0.1, 0.15) is 18.2 Å². The number of carbonyl (C=O) groups is 1. The zero-order valence-electron chi connectivity index (χ0n) is 13.6. The van der Waals surface area contributed by atoms with Crippen LogP contribution in [-0.2, 0) is 7.05 Å². The van der Waals surface area contributed by atoms with Gasteiger partial charge in [-0.2, -0.15) is 5.10 Å². The molecule has 5 nitrogen and oxygen atoms in total. The van der Waals surface area contributed by atoms with Gasteiger partial charge in [-0.1, -0.05) is 0 Å². The SMILES string of the molecule is Cn1cc(C(=O)N2[C@H]3CC[C@@H](C3)[C@@H]2COc2ccc(F)cc2)cn1. The van der Waals surface area contributed by atoms with Crippen LogP contribution in [0.15, 0.2) is 36.7 Å². The van der Waals surface area contributed by atoms with E-state index in [0.717, 1.165) is 19.3 Å². The van der Waals surface area contributed by atoms with Gasteiger partial charge in [0.15, 0.2) is 0 Å². The Hall–Kier alpha value is -2.37. The minimum atomic E-state index is -0.282. The normalized spacial score (nSPS) is 25.2. The second-order valence-corrected chi connectivity index (χ2v) is 6.67. The Morgan fingerprint density at radius 3 is 2.83 bits per heavy atom. The molecule has 2 aromatic rings. The maximum atomic E-state index is 13.0. The van der Waals surface area contributed by atoms with E-state index in [4.69, 9.17) is 4.74 Å². The zero-order chi connectivity index (χ0) is 16.7. The Morgan fingerprint density at radius 2 is 2.12 bits per heavy atom. The minimum absolute atomic E-state index is 0.0306. The molecule has 2 fully saturated rings. The highest BCUT2D eigenvalue weighted by Crippen LogP contribution is 2.43. The van der Waals surface area contributed by atoms with E-state index in [1.54, 1.807) is 29.2 Å². The number of hydrogen-bond acceptors (Lipinski definition) is 3. The zero-order valence-corrected chi connectivity index (χ0v) is 13.6. The van der Waals surface area contributed by atoms with Crippen LogP contribution in [-0.4, -0.2) is 39.3 Å². The van der Waals surface area contributed by atoms with E-state index in [-0.39, 0.29) is 17.8 Å².